The van der Waals surface area contributed by atoms with Crippen LogP contribution in [-0.4, -0.2) is 47.2 Å². The van der Waals surface area contributed by atoms with Gasteiger partial charge in [0, 0.05) is 31.9 Å². The standard InChI is InChI=1S/C22H27FN4O3/c1-3-28-18-11-15(12-19(21(18)23)29-4-2)14-27-9-6-16(7-10-27)25-22-26-17-5-8-24-13-20(17)30-22/h5,8,11-13,16H,3-4,6-7,9-10,14H2,1-2H3,(H,25,26). The Morgan fingerprint density at radius 1 is 1.17 bits per heavy atom. The SMILES string of the molecule is CCOc1cc(CN2CCC(Nc3nc4ccncc4o3)CC2)cc(OCC)c1F. The normalized spacial score (nSPS) is 15.4. The number of rotatable bonds is 8. The number of piperidine rings is 1. The summed E-state index contributed by atoms with van der Waals surface area (Å²) in [5.74, 6) is 0.0693. The first-order valence-corrected chi connectivity index (χ1v) is 10.4. The van der Waals surface area contributed by atoms with Crippen molar-refractivity contribution < 1.29 is 18.3 Å². The van der Waals surface area contributed by atoms with Crippen molar-refractivity contribution in [3.8, 4) is 11.5 Å². The molecule has 2 aromatic heterocycles. The molecule has 1 fully saturated rings. The van der Waals surface area contributed by atoms with Crippen LogP contribution in [0.5, 0.6) is 11.5 Å². The summed E-state index contributed by atoms with van der Waals surface area (Å²) in [7, 11) is 0. The largest absolute Gasteiger partial charge is 0.491 e. The van der Waals surface area contributed by atoms with Crippen molar-refractivity contribution in [1.29, 1.82) is 0 Å². The number of ether oxygens (including phenoxy) is 2. The second-order valence-corrected chi connectivity index (χ2v) is 7.33. The van der Waals surface area contributed by atoms with E-state index in [1.165, 1.54) is 0 Å². The average molecular weight is 414 g/mol. The van der Waals surface area contributed by atoms with Gasteiger partial charge in [-0.15, -0.1) is 0 Å². The van der Waals surface area contributed by atoms with E-state index in [1.54, 1.807) is 24.5 Å². The number of hydrogen-bond donors (Lipinski definition) is 1. The van der Waals surface area contributed by atoms with Crippen LogP contribution in [0.1, 0.15) is 32.3 Å². The molecular formula is C22H27FN4O3. The number of benzene rings is 1. The fourth-order valence-corrected chi connectivity index (χ4v) is 3.75. The zero-order chi connectivity index (χ0) is 20.9. The van der Waals surface area contributed by atoms with Crippen LogP contribution < -0.4 is 14.8 Å². The molecule has 1 saturated heterocycles. The molecule has 7 nitrogen and oxygen atoms in total. The molecule has 1 aliphatic rings. The Kier molecular flexibility index (Phi) is 6.32. The van der Waals surface area contributed by atoms with Crippen molar-refractivity contribution in [3.63, 3.8) is 0 Å². The number of pyridine rings is 1. The fourth-order valence-electron chi connectivity index (χ4n) is 3.75. The number of oxazole rings is 1. The smallest absolute Gasteiger partial charge is 0.295 e. The first-order valence-electron chi connectivity index (χ1n) is 10.4. The zero-order valence-electron chi connectivity index (χ0n) is 17.4. The zero-order valence-corrected chi connectivity index (χ0v) is 17.4. The van der Waals surface area contributed by atoms with Crippen molar-refractivity contribution >= 4 is 17.1 Å². The highest BCUT2D eigenvalue weighted by molar-refractivity contribution is 5.72. The molecular weight excluding hydrogens is 387 g/mol. The summed E-state index contributed by atoms with van der Waals surface area (Å²) in [6.45, 7) is 7.08. The molecule has 0 spiro atoms. The van der Waals surface area contributed by atoms with Crippen LogP contribution in [0.3, 0.4) is 0 Å². The Hall–Kier alpha value is -2.87. The molecule has 3 aromatic rings. The first kappa shape index (κ1) is 20.4. The number of hydrogen-bond acceptors (Lipinski definition) is 7. The average Bonchev–Trinajstić information content (AvgIpc) is 3.15. The maximum absolute atomic E-state index is 14.4. The van der Waals surface area contributed by atoms with Crippen LogP contribution >= 0.6 is 0 Å². The minimum absolute atomic E-state index is 0.250. The van der Waals surface area contributed by atoms with Crippen molar-refractivity contribution in [2.45, 2.75) is 39.3 Å². The number of fused-ring (bicyclic) bond motifs is 1. The Morgan fingerprint density at radius 2 is 1.87 bits per heavy atom. The Morgan fingerprint density at radius 3 is 2.50 bits per heavy atom. The third-order valence-electron chi connectivity index (χ3n) is 5.18. The van der Waals surface area contributed by atoms with Crippen molar-refractivity contribution in [2.24, 2.45) is 0 Å². The van der Waals surface area contributed by atoms with Crippen LogP contribution in [0.2, 0.25) is 0 Å². The van der Waals surface area contributed by atoms with E-state index in [4.69, 9.17) is 13.9 Å². The molecule has 0 atom stereocenters. The van der Waals surface area contributed by atoms with Crippen molar-refractivity contribution in [1.82, 2.24) is 14.9 Å². The molecule has 1 aliphatic heterocycles. The van der Waals surface area contributed by atoms with E-state index in [2.05, 4.69) is 20.2 Å². The molecule has 0 radical (unpaired) electrons. The van der Waals surface area contributed by atoms with Gasteiger partial charge in [0.2, 0.25) is 5.82 Å². The molecule has 0 aliphatic carbocycles. The predicted octanol–water partition coefficient (Wildman–Crippen LogP) is 4.24. The number of nitrogens with one attached hydrogen (secondary N) is 1. The second kappa shape index (κ2) is 9.30. The number of aromatic nitrogens is 2. The van der Waals surface area contributed by atoms with Gasteiger partial charge >= 0.3 is 0 Å². The van der Waals surface area contributed by atoms with Crippen molar-refractivity contribution in [3.05, 3.63) is 42.0 Å². The molecule has 3 heterocycles. The monoisotopic (exact) mass is 414 g/mol. The van der Waals surface area contributed by atoms with Crippen LogP contribution in [0.4, 0.5) is 10.4 Å². The summed E-state index contributed by atoms with van der Waals surface area (Å²) in [6.07, 6.45) is 5.31. The van der Waals surface area contributed by atoms with Crippen LogP contribution in [0.25, 0.3) is 11.1 Å². The van der Waals surface area contributed by atoms with Gasteiger partial charge in [0.05, 0.1) is 19.4 Å². The minimum Gasteiger partial charge on any atom is -0.491 e. The van der Waals surface area contributed by atoms with Crippen LogP contribution in [-0.2, 0) is 6.54 Å². The molecule has 160 valence electrons. The van der Waals surface area contributed by atoms with Crippen LogP contribution in [0.15, 0.2) is 35.0 Å². The van der Waals surface area contributed by atoms with Gasteiger partial charge in [-0.25, -0.2) is 0 Å². The molecule has 30 heavy (non-hydrogen) atoms. The highest BCUT2D eigenvalue weighted by Gasteiger charge is 2.22. The Balaban J connectivity index is 1.36. The third-order valence-corrected chi connectivity index (χ3v) is 5.18. The number of halogens is 1. The van der Waals surface area contributed by atoms with Gasteiger partial charge in [-0.1, -0.05) is 0 Å². The first-order chi connectivity index (χ1) is 14.7. The van der Waals surface area contributed by atoms with Gasteiger partial charge in [-0.3, -0.25) is 9.88 Å². The topological polar surface area (TPSA) is 72.7 Å². The summed E-state index contributed by atoms with van der Waals surface area (Å²) < 4.78 is 31.1. The second-order valence-electron chi connectivity index (χ2n) is 7.33. The van der Waals surface area contributed by atoms with Gasteiger partial charge in [0.1, 0.15) is 5.52 Å². The quantitative estimate of drug-likeness (QED) is 0.591. The summed E-state index contributed by atoms with van der Waals surface area (Å²) in [4.78, 5) is 10.9. The predicted molar refractivity (Wildman–Crippen MR) is 112 cm³/mol. The number of likely N-dealkylation sites (tertiary alicyclic amines) is 1. The summed E-state index contributed by atoms with van der Waals surface area (Å²) >= 11 is 0. The third kappa shape index (κ3) is 4.64. The molecule has 8 heteroatoms. The van der Waals surface area contributed by atoms with E-state index in [9.17, 15) is 4.39 Å². The molecule has 0 amide bonds. The van der Waals surface area contributed by atoms with Crippen molar-refractivity contribution in [2.75, 3.05) is 31.6 Å². The lowest BCUT2D eigenvalue weighted by atomic mass is 10.0. The van der Waals surface area contributed by atoms with E-state index in [-0.39, 0.29) is 11.5 Å². The lowest BCUT2D eigenvalue weighted by Crippen LogP contribution is -2.38. The minimum atomic E-state index is -0.432. The van der Waals surface area contributed by atoms with E-state index in [0.717, 1.165) is 43.6 Å². The summed E-state index contributed by atoms with van der Waals surface area (Å²) in [5, 5.41) is 3.39. The molecule has 0 bridgehead atoms. The lowest BCUT2D eigenvalue weighted by molar-refractivity contribution is 0.209. The van der Waals surface area contributed by atoms with E-state index in [0.29, 0.717) is 30.9 Å². The van der Waals surface area contributed by atoms with Gasteiger partial charge < -0.3 is 19.2 Å². The van der Waals surface area contributed by atoms with Gasteiger partial charge in [-0.2, -0.15) is 9.37 Å². The summed E-state index contributed by atoms with van der Waals surface area (Å²) in [5.41, 5.74) is 2.47. The number of anilines is 1. The Bertz CT molecular complexity index is 925. The molecule has 0 saturated carbocycles. The fraction of sp³-hybridized carbons (Fsp3) is 0.455. The van der Waals surface area contributed by atoms with E-state index in [1.807, 2.05) is 19.9 Å². The van der Waals surface area contributed by atoms with Gasteiger partial charge in [-0.05, 0) is 50.5 Å². The number of nitrogens with zero attached hydrogens (tertiary/aromatic N) is 3. The molecule has 0 unspecified atom stereocenters. The maximum atomic E-state index is 14.4. The van der Waals surface area contributed by atoms with E-state index >= 15 is 0 Å². The van der Waals surface area contributed by atoms with Gasteiger partial charge in [0.15, 0.2) is 17.1 Å². The molecule has 1 aromatic carbocycles. The maximum Gasteiger partial charge on any atom is 0.295 e. The highest BCUT2D eigenvalue weighted by Crippen LogP contribution is 2.30. The summed E-state index contributed by atoms with van der Waals surface area (Å²) in [6, 6.07) is 6.23. The van der Waals surface area contributed by atoms with Gasteiger partial charge in [0.25, 0.3) is 6.01 Å². The Labute approximate surface area is 175 Å². The molecule has 4 rings (SSSR count). The van der Waals surface area contributed by atoms with E-state index < -0.39 is 5.82 Å². The van der Waals surface area contributed by atoms with Crippen LogP contribution in [0, 0.1) is 5.82 Å². The highest BCUT2D eigenvalue weighted by atomic mass is 19.1. The molecule has 1 N–H and O–H groups in total. The lowest BCUT2D eigenvalue weighted by Gasteiger charge is -2.32.